The van der Waals surface area contributed by atoms with E-state index in [1.807, 2.05) is 18.2 Å². The number of amides is 1. The molecule has 1 unspecified atom stereocenters. The highest BCUT2D eigenvalue weighted by Gasteiger charge is 2.56. The molecule has 200 valence electrons. The Labute approximate surface area is 222 Å². The number of nitrogens with zero attached hydrogens (tertiary/aromatic N) is 4. The summed E-state index contributed by atoms with van der Waals surface area (Å²) in [6.45, 7) is 7.43. The van der Waals surface area contributed by atoms with Gasteiger partial charge < -0.3 is 9.88 Å². The molecule has 2 bridgehead atoms. The Kier molecular flexibility index (Phi) is 6.44. The van der Waals surface area contributed by atoms with E-state index in [9.17, 15) is 19.7 Å². The lowest BCUT2D eigenvalue weighted by molar-refractivity contribution is -0.384. The van der Waals surface area contributed by atoms with Crippen molar-refractivity contribution in [2.24, 2.45) is 11.8 Å². The van der Waals surface area contributed by atoms with Gasteiger partial charge in [0.05, 0.1) is 17.0 Å². The maximum absolute atomic E-state index is 14.0. The summed E-state index contributed by atoms with van der Waals surface area (Å²) in [5, 5.41) is 10.9. The van der Waals surface area contributed by atoms with Crippen molar-refractivity contribution in [3.63, 3.8) is 0 Å². The maximum Gasteiger partial charge on any atom is 0.269 e. The Hall–Kier alpha value is -3.30. The zero-order valence-electron chi connectivity index (χ0n) is 21.9. The van der Waals surface area contributed by atoms with Crippen molar-refractivity contribution in [3.8, 4) is 0 Å². The summed E-state index contributed by atoms with van der Waals surface area (Å²) in [5.41, 5.74) is 4.21. The lowest BCUT2D eigenvalue weighted by Crippen LogP contribution is -2.63. The van der Waals surface area contributed by atoms with Gasteiger partial charge in [-0.2, -0.15) is 0 Å². The minimum absolute atomic E-state index is 0.0716. The summed E-state index contributed by atoms with van der Waals surface area (Å²) >= 11 is 0. The van der Waals surface area contributed by atoms with E-state index in [2.05, 4.69) is 32.7 Å². The number of nitro groups is 1. The highest BCUT2D eigenvalue weighted by Crippen LogP contribution is 2.56. The summed E-state index contributed by atoms with van der Waals surface area (Å²) in [6, 6.07) is 10.4. The number of rotatable bonds is 5. The molecule has 3 atom stereocenters. The average Bonchev–Trinajstić information content (AvgIpc) is 2.89. The number of allylic oxidation sites excluding steroid dienone is 1. The molecule has 4 aliphatic rings. The second kappa shape index (κ2) is 9.78. The summed E-state index contributed by atoms with van der Waals surface area (Å²) in [7, 11) is 0. The third kappa shape index (κ3) is 4.37. The second-order valence-corrected chi connectivity index (χ2v) is 11.5. The number of carbonyl (C=O) groups excluding carboxylic acids is 1. The second-order valence-electron chi connectivity index (χ2n) is 11.5. The molecule has 2 aliphatic heterocycles. The van der Waals surface area contributed by atoms with Crippen molar-refractivity contribution in [2.45, 2.75) is 44.7 Å². The summed E-state index contributed by atoms with van der Waals surface area (Å²) < 4.78 is 0. The molecule has 38 heavy (non-hydrogen) atoms. The van der Waals surface area contributed by atoms with Crippen LogP contribution in [0.1, 0.15) is 43.0 Å². The van der Waals surface area contributed by atoms with Crippen molar-refractivity contribution >= 4 is 11.6 Å². The summed E-state index contributed by atoms with van der Waals surface area (Å²) in [6.07, 6.45) is 6.19. The number of H-pyrrole nitrogens is 1. The van der Waals surface area contributed by atoms with Crippen LogP contribution in [0.4, 0.5) is 5.69 Å². The molecule has 2 aromatic rings. The Morgan fingerprint density at radius 1 is 1.08 bits per heavy atom. The molecular formula is C29H35N5O4. The number of pyridine rings is 1. The number of fused-ring (bicyclic) bond motifs is 1. The summed E-state index contributed by atoms with van der Waals surface area (Å²) in [5.74, 6) is 0.930. The number of nitrogens with one attached hydrogen (secondary N) is 1. The van der Waals surface area contributed by atoms with Crippen molar-refractivity contribution < 1.29 is 9.72 Å². The fraction of sp³-hybridized carbons (Fsp3) is 0.517. The van der Waals surface area contributed by atoms with Gasteiger partial charge in [0.2, 0.25) is 11.5 Å². The van der Waals surface area contributed by atoms with Gasteiger partial charge in [-0.25, -0.2) is 0 Å². The molecule has 1 aromatic heterocycles. The number of aromatic nitrogens is 1. The smallest absolute Gasteiger partial charge is 0.269 e. The van der Waals surface area contributed by atoms with Gasteiger partial charge in [-0.05, 0) is 61.6 Å². The number of aromatic amines is 1. The monoisotopic (exact) mass is 517 g/mol. The van der Waals surface area contributed by atoms with E-state index in [0.717, 1.165) is 81.8 Å². The molecule has 1 N–H and O–H groups in total. The first-order valence-electron chi connectivity index (χ1n) is 13.7. The van der Waals surface area contributed by atoms with Gasteiger partial charge in [-0.1, -0.05) is 23.8 Å². The fourth-order valence-corrected chi connectivity index (χ4v) is 7.54. The van der Waals surface area contributed by atoms with Gasteiger partial charge in [0.1, 0.15) is 0 Å². The molecule has 2 saturated heterocycles. The van der Waals surface area contributed by atoms with Crippen molar-refractivity contribution in [2.75, 3.05) is 39.3 Å². The van der Waals surface area contributed by atoms with E-state index in [-0.39, 0.29) is 27.6 Å². The van der Waals surface area contributed by atoms with E-state index in [4.69, 9.17) is 0 Å². The van der Waals surface area contributed by atoms with Crippen LogP contribution in [0.5, 0.6) is 0 Å². The van der Waals surface area contributed by atoms with E-state index in [1.165, 1.54) is 5.57 Å². The number of carbonyl (C=O) groups is 1. The molecule has 0 saturated carbocycles. The van der Waals surface area contributed by atoms with Gasteiger partial charge in [0, 0.05) is 63.2 Å². The van der Waals surface area contributed by atoms with Crippen molar-refractivity contribution in [1.82, 2.24) is 19.7 Å². The molecule has 0 radical (unpaired) electrons. The first-order chi connectivity index (χ1) is 18.3. The SMILES string of the molecule is CC1=CC2Cc3[nH]c(=O)ccc3[C@@]3(C1)[C@@H]2CCCN3C(=O)CN1CCN(Cc2ccc([N+](=O)[O-])cc2)CC1. The van der Waals surface area contributed by atoms with E-state index in [0.29, 0.717) is 18.4 Å². The van der Waals surface area contributed by atoms with Crippen LogP contribution in [-0.2, 0) is 23.3 Å². The molecule has 3 heterocycles. The number of likely N-dealkylation sites (tertiary alicyclic amines) is 1. The molecule has 6 rings (SSSR count). The quantitative estimate of drug-likeness (QED) is 0.372. The Bertz CT molecular complexity index is 1330. The standard InChI is InChI=1S/C29H35N5O4/c1-20-15-22-16-26-25(8-9-27(35)30-26)29(17-20)24(22)3-2-10-33(29)28(36)19-32-13-11-31(12-14-32)18-21-4-6-23(7-5-21)34(37)38/h4-9,15,22,24H,2-3,10-14,16-19H2,1H3,(H,30,35)/t22?,24-,29-/m1/s1. The van der Waals surface area contributed by atoms with E-state index < -0.39 is 0 Å². The first-order valence-corrected chi connectivity index (χ1v) is 13.7. The van der Waals surface area contributed by atoms with Crippen LogP contribution in [-0.4, -0.2) is 69.8 Å². The third-order valence-electron chi connectivity index (χ3n) is 9.14. The molecule has 2 aliphatic carbocycles. The minimum atomic E-state index is -0.375. The molecule has 9 heteroatoms. The first kappa shape index (κ1) is 25.0. The highest BCUT2D eigenvalue weighted by atomic mass is 16.6. The Morgan fingerprint density at radius 3 is 2.55 bits per heavy atom. The van der Waals surface area contributed by atoms with Gasteiger partial charge >= 0.3 is 0 Å². The number of hydrogen-bond acceptors (Lipinski definition) is 6. The lowest BCUT2D eigenvalue weighted by Gasteiger charge is -2.59. The van der Waals surface area contributed by atoms with Crippen LogP contribution in [0, 0.1) is 22.0 Å². The average molecular weight is 518 g/mol. The zero-order chi connectivity index (χ0) is 26.4. The van der Waals surface area contributed by atoms with Crippen LogP contribution < -0.4 is 5.56 Å². The minimum Gasteiger partial charge on any atom is -0.331 e. The number of non-ortho nitro benzene ring substituents is 1. The van der Waals surface area contributed by atoms with Gasteiger partial charge in [-0.3, -0.25) is 29.5 Å². The van der Waals surface area contributed by atoms with Gasteiger partial charge in [0.25, 0.3) is 5.69 Å². The number of piperidine rings is 1. The van der Waals surface area contributed by atoms with Gasteiger partial charge in [0.15, 0.2) is 0 Å². The van der Waals surface area contributed by atoms with Gasteiger partial charge in [-0.15, -0.1) is 0 Å². The largest absolute Gasteiger partial charge is 0.331 e. The number of hydrogen-bond donors (Lipinski definition) is 1. The molecule has 0 spiro atoms. The highest BCUT2D eigenvalue weighted by molar-refractivity contribution is 5.80. The molecule has 1 amide bonds. The molecule has 1 aromatic carbocycles. The topological polar surface area (TPSA) is 103 Å². The molecular weight excluding hydrogens is 482 g/mol. The summed E-state index contributed by atoms with van der Waals surface area (Å²) in [4.78, 5) is 46.5. The van der Waals surface area contributed by atoms with Crippen LogP contribution in [0.2, 0.25) is 0 Å². The fourth-order valence-electron chi connectivity index (χ4n) is 7.54. The van der Waals surface area contributed by atoms with E-state index in [1.54, 1.807) is 18.2 Å². The predicted molar refractivity (Wildman–Crippen MR) is 144 cm³/mol. The zero-order valence-corrected chi connectivity index (χ0v) is 21.9. The Morgan fingerprint density at radius 2 is 1.82 bits per heavy atom. The number of benzene rings is 1. The van der Waals surface area contributed by atoms with Crippen molar-refractivity contribution in [3.05, 3.63) is 85.3 Å². The van der Waals surface area contributed by atoms with Crippen LogP contribution >= 0.6 is 0 Å². The predicted octanol–water partition coefficient (Wildman–Crippen LogP) is 3.06. The third-order valence-corrected chi connectivity index (χ3v) is 9.14. The van der Waals surface area contributed by atoms with E-state index >= 15 is 0 Å². The molecule has 2 fully saturated rings. The lowest BCUT2D eigenvalue weighted by atomic mass is 9.56. The number of piperazine rings is 1. The normalized spacial score (nSPS) is 27.3. The van der Waals surface area contributed by atoms with Crippen LogP contribution in [0.3, 0.4) is 0 Å². The number of nitro benzene ring substituents is 1. The maximum atomic E-state index is 14.0. The Balaban J connectivity index is 1.15. The molecule has 9 nitrogen and oxygen atoms in total. The van der Waals surface area contributed by atoms with Crippen LogP contribution in [0.25, 0.3) is 0 Å². The van der Waals surface area contributed by atoms with Crippen LogP contribution in [0.15, 0.2) is 52.8 Å². The van der Waals surface area contributed by atoms with Crippen molar-refractivity contribution in [1.29, 1.82) is 0 Å².